The summed E-state index contributed by atoms with van der Waals surface area (Å²) in [6.07, 6.45) is 6.05. The minimum absolute atomic E-state index is 0.0814. The number of fused-ring (bicyclic) bond motifs is 2. The van der Waals surface area contributed by atoms with Gasteiger partial charge in [0, 0.05) is 34.3 Å². The number of nitrogens with zero attached hydrogens (tertiary/aromatic N) is 2. The van der Waals surface area contributed by atoms with Gasteiger partial charge in [0.2, 0.25) is 0 Å². The van der Waals surface area contributed by atoms with Crippen LogP contribution in [0.1, 0.15) is 86.5 Å². The molecular weight excluding hydrogens is 785 g/mol. The van der Waals surface area contributed by atoms with Crippen LogP contribution in [0, 0.1) is 40.4 Å². The molecule has 13 heteroatoms. The smallest absolute Gasteiger partial charge is 0.336 e. The molecule has 1 atom stereocenters. The van der Waals surface area contributed by atoms with Gasteiger partial charge in [-0.2, -0.15) is 10.5 Å². The monoisotopic (exact) mass is 826 g/mol. The number of methoxy groups -OCH3 is 3. The molecule has 0 spiro atoms. The first kappa shape index (κ1) is 39.8. The number of benzene rings is 2. The normalized spacial score (nSPS) is 19.3. The zero-order valence-electron chi connectivity index (χ0n) is 33.3. The second kappa shape index (κ2) is 16.0. The van der Waals surface area contributed by atoms with Gasteiger partial charge < -0.3 is 24.8 Å². The molecule has 3 saturated carbocycles. The van der Waals surface area contributed by atoms with Crippen molar-refractivity contribution in [2.45, 2.75) is 64.2 Å². The number of nitrogens with one attached hydrogen (secondary N) is 2. The highest BCUT2D eigenvalue weighted by Crippen LogP contribution is 2.53. The Morgan fingerprint density at radius 1 is 0.610 bits per heavy atom. The number of hydrogen-bond acceptors (Lipinski definition) is 13. The molecule has 2 N–H and O–H groups in total. The fourth-order valence-corrected chi connectivity index (χ4v) is 10.7. The minimum atomic E-state index is -0.588. The summed E-state index contributed by atoms with van der Waals surface area (Å²) < 4.78 is 17.2. The first-order valence-corrected chi connectivity index (χ1v) is 21.4. The highest BCUT2D eigenvalue weighted by Gasteiger charge is 2.47. The minimum Gasteiger partial charge on any atom is -0.466 e. The zero-order valence-corrected chi connectivity index (χ0v) is 34.9. The van der Waals surface area contributed by atoms with Gasteiger partial charge in [0.1, 0.15) is 12.1 Å². The van der Waals surface area contributed by atoms with Crippen LogP contribution >= 0.6 is 22.7 Å². The fraction of sp³-hybridized carbons (Fsp3) is 0.348. The summed E-state index contributed by atoms with van der Waals surface area (Å²) in [7, 11) is 4.11. The molecule has 5 aliphatic rings. The molecule has 0 bridgehead atoms. The Morgan fingerprint density at radius 2 is 0.983 bits per heavy atom. The van der Waals surface area contributed by atoms with E-state index in [2.05, 4.69) is 22.8 Å². The molecule has 2 aromatic carbocycles. The maximum Gasteiger partial charge on any atom is 0.336 e. The number of Topliss-reactive ketones (excluding diaryl/α,β-unsaturated/α-hetero) is 1. The molecule has 2 aromatic heterocycles. The highest BCUT2D eigenvalue weighted by atomic mass is 32.1. The van der Waals surface area contributed by atoms with Gasteiger partial charge in [-0.1, -0.05) is 24.3 Å². The first-order valence-electron chi connectivity index (χ1n) is 19.6. The van der Waals surface area contributed by atoms with E-state index in [1.807, 2.05) is 41.9 Å². The number of thiophene rings is 2. The molecule has 4 aromatic rings. The molecule has 1 unspecified atom stereocenters. The molecule has 11 nitrogen and oxygen atoms in total. The van der Waals surface area contributed by atoms with Crippen LogP contribution < -0.4 is 10.6 Å². The number of rotatable bonds is 9. The van der Waals surface area contributed by atoms with E-state index in [-0.39, 0.29) is 17.6 Å². The van der Waals surface area contributed by atoms with Crippen molar-refractivity contribution in [1.29, 1.82) is 10.5 Å². The van der Waals surface area contributed by atoms with E-state index < -0.39 is 29.7 Å². The predicted octanol–water partition coefficient (Wildman–Crippen LogP) is 8.29. The van der Waals surface area contributed by atoms with Crippen molar-refractivity contribution in [3.8, 4) is 12.1 Å². The number of carbonyl (C=O) groups excluding carboxylic acids is 4. The molecule has 300 valence electrons. The largest absolute Gasteiger partial charge is 0.466 e. The Kier molecular flexibility index (Phi) is 10.8. The van der Waals surface area contributed by atoms with Crippen LogP contribution in [0.5, 0.6) is 0 Å². The molecule has 0 saturated heterocycles. The summed E-state index contributed by atoms with van der Waals surface area (Å²) >= 11 is 2.93. The van der Waals surface area contributed by atoms with E-state index in [1.165, 1.54) is 50.9 Å². The third kappa shape index (κ3) is 7.13. The van der Waals surface area contributed by atoms with Crippen LogP contribution in [-0.4, -0.2) is 45.0 Å². The second-order valence-corrected chi connectivity index (χ2v) is 17.2. The molecule has 59 heavy (non-hydrogen) atoms. The number of nitriles is 2. The van der Waals surface area contributed by atoms with E-state index in [1.54, 1.807) is 12.1 Å². The van der Waals surface area contributed by atoms with Crippen molar-refractivity contribution in [2.24, 2.45) is 17.8 Å². The second-order valence-electron chi connectivity index (χ2n) is 15.5. The molecule has 3 fully saturated rings. The molecule has 4 heterocycles. The van der Waals surface area contributed by atoms with Crippen molar-refractivity contribution in [3.63, 3.8) is 0 Å². The fourth-order valence-electron chi connectivity index (χ4n) is 8.55. The maximum absolute atomic E-state index is 13.1. The van der Waals surface area contributed by atoms with Crippen LogP contribution in [0.3, 0.4) is 0 Å². The standard InChI is InChI=1S/C24H22N2O4S.C22H20N2O3S/c1-29-23(27)18-17(16-11-31-22-14(10-25)4-3-5-15(16)22)19(24(28)30-2)21(13-8-9-13)26-20(18)12-6-7-12;1-11-17(12(2)25)18(19(22(26)27-3)20(24-11)13-7-8-13)16-10-28-21-14(9-23)5-4-6-15(16)21/h3-5,11-13,17,26H,6-9H2,1-2H3;4-6,10,13,18,24H,7-8H2,1-3H3. The summed E-state index contributed by atoms with van der Waals surface area (Å²) in [6, 6.07) is 15.6. The molecule has 9 rings (SSSR count). The van der Waals surface area contributed by atoms with Gasteiger partial charge >= 0.3 is 17.9 Å². The van der Waals surface area contributed by atoms with Crippen molar-refractivity contribution < 1.29 is 33.4 Å². The lowest BCUT2D eigenvalue weighted by Crippen LogP contribution is -2.35. The van der Waals surface area contributed by atoms with Gasteiger partial charge in [-0.15, -0.1) is 22.7 Å². The molecular formula is C46H42N4O7S2. The van der Waals surface area contributed by atoms with Crippen molar-refractivity contribution in [2.75, 3.05) is 21.3 Å². The average molecular weight is 827 g/mol. The van der Waals surface area contributed by atoms with E-state index in [9.17, 15) is 29.7 Å². The van der Waals surface area contributed by atoms with Gasteiger partial charge in [-0.05, 0) is 115 Å². The van der Waals surface area contributed by atoms with Gasteiger partial charge in [-0.3, -0.25) is 4.79 Å². The topological polar surface area (TPSA) is 168 Å². The number of ketones is 1. The number of carbonyl (C=O) groups is 4. The quantitative estimate of drug-likeness (QED) is 0.123. The van der Waals surface area contributed by atoms with Crippen molar-refractivity contribution >= 4 is 66.5 Å². The number of hydrogen-bond donors (Lipinski definition) is 2. The third-order valence-corrected chi connectivity index (χ3v) is 13.8. The van der Waals surface area contributed by atoms with E-state index in [4.69, 9.17) is 14.2 Å². The Hall–Kier alpha value is -6.02. The van der Waals surface area contributed by atoms with Crippen LogP contribution in [-0.2, 0) is 33.4 Å². The predicted molar refractivity (Wildman–Crippen MR) is 224 cm³/mol. The van der Waals surface area contributed by atoms with E-state index in [0.29, 0.717) is 39.3 Å². The summed E-state index contributed by atoms with van der Waals surface area (Å²) in [5.74, 6) is -1.63. The van der Waals surface area contributed by atoms with E-state index >= 15 is 0 Å². The van der Waals surface area contributed by atoms with Crippen LogP contribution in [0.15, 0.2) is 92.2 Å². The number of esters is 3. The zero-order chi connectivity index (χ0) is 41.7. The first-order chi connectivity index (χ1) is 28.6. The van der Waals surface area contributed by atoms with Crippen molar-refractivity contribution in [1.82, 2.24) is 10.6 Å². The Bertz CT molecular complexity index is 2640. The highest BCUT2D eigenvalue weighted by molar-refractivity contribution is 7.18. The molecule has 3 aliphatic carbocycles. The van der Waals surface area contributed by atoms with Crippen LogP contribution in [0.25, 0.3) is 20.2 Å². The summed E-state index contributed by atoms with van der Waals surface area (Å²) in [6.45, 7) is 3.41. The molecule has 2 aliphatic heterocycles. The van der Waals surface area contributed by atoms with Gasteiger partial charge in [0.25, 0.3) is 0 Å². The van der Waals surface area contributed by atoms with Crippen molar-refractivity contribution in [3.05, 3.63) is 114 Å². The van der Waals surface area contributed by atoms with Gasteiger partial charge in [-0.25, -0.2) is 14.4 Å². The lowest BCUT2D eigenvalue weighted by atomic mass is 9.78. The van der Waals surface area contributed by atoms with Crippen LogP contribution in [0.4, 0.5) is 0 Å². The number of allylic oxidation sites excluding steroid dienone is 5. The SMILES string of the molecule is COC(=O)C1=C(C2CC2)NC(C)=C(C(C)=O)C1c1csc2c(C#N)cccc12.COC(=O)C1=C(C2CC2)NC(C2CC2)=C(C(=O)OC)C1c1csc2c(C#N)cccc12. The third-order valence-electron chi connectivity index (χ3n) is 11.7. The average Bonchev–Trinajstić information content (AvgIpc) is 4.15. The lowest BCUT2D eigenvalue weighted by molar-refractivity contribution is -0.138. The van der Waals surface area contributed by atoms with E-state index in [0.717, 1.165) is 92.6 Å². The lowest BCUT2D eigenvalue weighted by Gasteiger charge is -2.32. The van der Waals surface area contributed by atoms with Crippen LogP contribution in [0.2, 0.25) is 0 Å². The maximum atomic E-state index is 13.1. The molecule has 0 amide bonds. The Balaban J connectivity index is 0.000000165. The summed E-state index contributed by atoms with van der Waals surface area (Å²) in [5, 5.41) is 31.5. The number of ether oxygens (including phenoxy) is 3. The van der Waals surface area contributed by atoms with Gasteiger partial charge in [0.05, 0.1) is 64.5 Å². The Morgan fingerprint density at radius 3 is 1.32 bits per heavy atom. The molecule has 0 radical (unpaired) electrons. The van der Waals surface area contributed by atoms with Gasteiger partial charge in [0.15, 0.2) is 5.78 Å². The summed E-state index contributed by atoms with van der Waals surface area (Å²) in [4.78, 5) is 51.6. The Labute approximate surface area is 349 Å². The summed E-state index contributed by atoms with van der Waals surface area (Å²) in [5.41, 5.74) is 8.36. The number of dihydropyridines is 2.